The van der Waals surface area contributed by atoms with Gasteiger partial charge in [-0.3, -0.25) is 14.5 Å². The second-order valence-corrected chi connectivity index (χ2v) is 11.9. The lowest BCUT2D eigenvalue weighted by Crippen LogP contribution is -2.61. The lowest BCUT2D eigenvalue weighted by molar-refractivity contribution is -0.127. The number of alkyl halides is 3. The van der Waals surface area contributed by atoms with Crippen LogP contribution in [0.5, 0.6) is 5.75 Å². The van der Waals surface area contributed by atoms with Gasteiger partial charge in [0.05, 0.1) is 4.91 Å². The number of hydrogen-bond acceptors (Lipinski definition) is 6. The van der Waals surface area contributed by atoms with E-state index in [9.17, 15) is 9.59 Å². The number of aryl methyl sites for hydroxylation is 1. The third-order valence-corrected chi connectivity index (χ3v) is 7.44. The Bertz CT molecular complexity index is 1140. The summed E-state index contributed by atoms with van der Waals surface area (Å²) < 4.78 is 3.61. The number of ether oxygens (including phenoxy) is 1. The van der Waals surface area contributed by atoms with E-state index in [4.69, 9.17) is 39.5 Å². The van der Waals surface area contributed by atoms with Crippen molar-refractivity contribution in [3.8, 4) is 5.75 Å². The summed E-state index contributed by atoms with van der Waals surface area (Å²) in [6.45, 7) is 8.47. The van der Waals surface area contributed by atoms with E-state index < -0.39 is 21.1 Å². The quantitative estimate of drug-likeness (QED) is 0.229. The number of hydrogen-bond donors (Lipinski definition) is 0. The first kappa shape index (κ1) is 26.9. The minimum absolute atomic E-state index is 0.275. The van der Waals surface area contributed by atoms with Gasteiger partial charge in [-0.05, 0) is 54.6 Å². The highest BCUT2D eigenvalue weighted by Crippen LogP contribution is 2.42. The molecule has 2 aliphatic heterocycles. The number of rotatable bonds is 7. The van der Waals surface area contributed by atoms with E-state index in [1.54, 1.807) is 24.3 Å². The summed E-state index contributed by atoms with van der Waals surface area (Å²) >= 11 is 19.9. The topological polar surface area (TPSA) is 53.1 Å². The van der Waals surface area contributed by atoms with Gasteiger partial charge in [0.2, 0.25) is 3.79 Å². The van der Waals surface area contributed by atoms with Crippen LogP contribution in [0.2, 0.25) is 0 Å². The molecular formula is C26H26Cl3N3O3S. The van der Waals surface area contributed by atoms with E-state index in [0.717, 1.165) is 27.9 Å². The average molecular weight is 567 g/mol. The molecule has 0 aliphatic carbocycles. The lowest BCUT2D eigenvalue weighted by Gasteiger charge is -2.44. The number of thioether (sulfide) groups is 1. The van der Waals surface area contributed by atoms with Crippen molar-refractivity contribution >= 4 is 69.5 Å². The zero-order valence-electron chi connectivity index (χ0n) is 19.7. The van der Waals surface area contributed by atoms with Gasteiger partial charge in [-0.15, -0.1) is 0 Å². The van der Waals surface area contributed by atoms with Crippen LogP contribution < -0.4 is 9.64 Å². The predicted octanol–water partition coefficient (Wildman–Crippen LogP) is 6.11. The normalized spacial score (nSPS) is 19.2. The molecule has 0 bridgehead atoms. The molecule has 0 N–H and O–H groups in total. The van der Waals surface area contributed by atoms with E-state index in [-0.39, 0.29) is 4.91 Å². The second kappa shape index (κ2) is 11.5. The Labute approximate surface area is 230 Å². The van der Waals surface area contributed by atoms with Crippen molar-refractivity contribution in [3.63, 3.8) is 0 Å². The molecule has 2 aromatic rings. The van der Waals surface area contributed by atoms with Gasteiger partial charge in [0.25, 0.3) is 11.1 Å². The van der Waals surface area contributed by atoms with E-state index in [0.29, 0.717) is 38.5 Å². The van der Waals surface area contributed by atoms with Gasteiger partial charge >= 0.3 is 0 Å². The fourth-order valence-electron chi connectivity index (χ4n) is 4.15. The van der Waals surface area contributed by atoms with Crippen molar-refractivity contribution in [2.75, 3.05) is 37.7 Å². The molecule has 2 aliphatic rings. The summed E-state index contributed by atoms with van der Waals surface area (Å²) in [5.41, 5.74) is 3.06. The Hall–Kier alpha value is -2.16. The van der Waals surface area contributed by atoms with Crippen LogP contribution in [0.25, 0.3) is 6.08 Å². The number of piperazine rings is 1. The average Bonchev–Trinajstić information content (AvgIpc) is 3.11. The van der Waals surface area contributed by atoms with Gasteiger partial charge < -0.3 is 9.64 Å². The standard InChI is InChI=1S/C26H26Cl3N3O3S/c1-3-16-35-21-10-6-19(7-11-21)17-22-23(33)32(25(34)36-22)24(26(27,28)29)31-14-12-30(13-15-31)20-8-4-18(2)5-9-20/h3-11,17,24H,1,12-16H2,2H3/b22-17+/t24-/m0/s1. The monoisotopic (exact) mass is 565 g/mol. The molecule has 2 heterocycles. The Morgan fingerprint density at radius 3 is 2.25 bits per heavy atom. The number of anilines is 1. The first-order valence-electron chi connectivity index (χ1n) is 11.4. The summed E-state index contributed by atoms with van der Waals surface area (Å²) in [6.07, 6.45) is 2.30. The van der Waals surface area contributed by atoms with Crippen molar-refractivity contribution in [2.45, 2.75) is 16.9 Å². The number of carbonyl (C=O) groups excluding carboxylic acids is 2. The summed E-state index contributed by atoms with van der Waals surface area (Å²) in [5, 5.41) is -0.463. The summed E-state index contributed by atoms with van der Waals surface area (Å²) in [5.74, 6) is 0.204. The molecule has 36 heavy (non-hydrogen) atoms. The number of benzene rings is 2. The third-order valence-electron chi connectivity index (χ3n) is 5.97. The molecule has 1 atom stereocenters. The van der Waals surface area contributed by atoms with Crippen LogP contribution in [0.4, 0.5) is 10.5 Å². The van der Waals surface area contributed by atoms with Gasteiger partial charge in [-0.25, -0.2) is 4.90 Å². The molecule has 0 radical (unpaired) electrons. The zero-order valence-corrected chi connectivity index (χ0v) is 22.8. The number of amides is 2. The molecule has 0 unspecified atom stereocenters. The summed E-state index contributed by atoms with van der Waals surface area (Å²) in [7, 11) is 0. The van der Waals surface area contributed by atoms with Crippen molar-refractivity contribution in [3.05, 3.63) is 77.2 Å². The first-order valence-corrected chi connectivity index (χ1v) is 13.4. The van der Waals surface area contributed by atoms with Gasteiger partial charge in [-0.2, -0.15) is 0 Å². The highest BCUT2D eigenvalue weighted by molar-refractivity contribution is 8.18. The maximum Gasteiger partial charge on any atom is 0.295 e. The van der Waals surface area contributed by atoms with Crippen LogP contribution in [0.3, 0.4) is 0 Å². The van der Waals surface area contributed by atoms with E-state index in [1.165, 1.54) is 5.56 Å². The van der Waals surface area contributed by atoms with Crippen molar-refractivity contribution in [1.29, 1.82) is 0 Å². The smallest absolute Gasteiger partial charge is 0.295 e. The van der Waals surface area contributed by atoms with Gasteiger partial charge in [0.15, 0.2) is 0 Å². The molecule has 0 spiro atoms. The molecule has 2 aromatic carbocycles. The Morgan fingerprint density at radius 2 is 1.67 bits per heavy atom. The largest absolute Gasteiger partial charge is 0.490 e. The van der Waals surface area contributed by atoms with Crippen LogP contribution >= 0.6 is 46.6 Å². The number of halogens is 3. The molecule has 10 heteroatoms. The Balaban J connectivity index is 1.49. The van der Waals surface area contributed by atoms with Crippen molar-refractivity contribution in [2.24, 2.45) is 0 Å². The van der Waals surface area contributed by atoms with Crippen LogP contribution in [0.1, 0.15) is 11.1 Å². The van der Waals surface area contributed by atoms with E-state index in [2.05, 4.69) is 35.7 Å². The van der Waals surface area contributed by atoms with Crippen molar-refractivity contribution in [1.82, 2.24) is 9.80 Å². The van der Waals surface area contributed by atoms with Crippen molar-refractivity contribution < 1.29 is 14.3 Å². The molecule has 2 amide bonds. The lowest BCUT2D eigenvalue weighted by atomic mass is 10.2. The highest BCUT2D eigenvalue weighted by atomic mass is 35.6. The fourth-order valence-corrected chi connectivity index (χ4v) is 5.71. The first-order chi connectivity index (χ1) is 17.2. The molecule has 2 saturated heterocycles. The number of nitrogens with zero attached hydrogens (tertiary/aromatic N) is 3. The third kappa shape index (κ3) is 6.21. The maximum absolute atomic E-state index is 13.3. The SMILES string of the molecule is C=CCOc1ccc(/C=C2/SC(=O)N([C@H](N3CCN(c4ccc(C)cc4)CC3)C(Cl)(Cl)Cl)C2=O)cc1. The Morgan fingerprint density at radius 1 is 1.03 bits per heavy atom. The molecular weight excluding hydrogens is 541 g/mol. The Kier molecular flexibility index (Phi) is 8.58. The van der Waals surface area contributed by atoms with Gasteiger partial charge in [0.1, 0.15) is 18.5 Å². The van der Waals surface area contributed by atoms with E-state index in [1.807, 2.05) is 24.0 Å². The van der Waals surface area contributed by atoms with Crippen LogP contribution in [-0.4, -0.2) is 63.7 Å². The van der Waals surface area contributed by atoms with Crippen LogP contribution in [0, 0.1) is 6.92 Å². The predicted molar refractivity (Wildman–Crippen MR) is 149 cm³/mol. The number of carbonyl (C=O) groups is 2. The van der Waals surface area contributed by atoms with Gasteiger partial charge in [-0.1, -0.05) is 77.3 Å². The summed E-state index contributed by atoms with van der Waals surface area (Å²) in [4.78, 5) is 31.8. The second-order valence-electron chi connectivity index (χ2n) is 8.49. The minimum atomic E-state index is -1.88. The molecule has 190 valence electrons. The molecule has 0 saturated carbocycles. The highest BCUT2D eigenvalue weighted by Gasteiger charge is 2.51. The number of imide groups is 1. The molecule has 6 nitrogen and oxygen atoms in total. The molecule has 4 rings (SSSR count). The van der Waals surface area contributed by atoms with Gasteiger partial charge in [0, 0.05) is 31.9 Å². The van der Waals surface area contributed by atoms with Crippen LogP contribution in [0.15, 0.2) is 66.1 Å². The molecule has 0 aromatic heterocycles. The fraction of sp³-hybridized carbons (Fsp3) is 0.308. The summed E-state index contributed by atoms with van der Waals surface area (Å²) in [6, 6.07) is 15.5. The van der Waals surface area contributed by atoms with Crippen LogP contribution in [-0.2, 0) is 4.79 Å². The zero-order chi connectivity index (χ0) is 25.9. The van der Waals surface area contributed by atoms with E-state index >= 15 is 0 Å². The minimum Gasteiger partial charge on any atom is -0.490 e. The maximum atomic E-state index is 13.3. The molecule has 2 fully saturated rings.